The molecule has 1 aromatic carbocycles. The molecule has 0 saturated heterocycles. The van der Waals surface area contributed by atoms with Gasteiger partial charge in [0, 0.05) is 23.9 Å². The van der Waals surface area contributed by atoms with E-state index in [2.05, 4.69) is 48.0 Å². The van der Waals surface area contributed by atoms with Crippen molar-refractivity contribution < 1.29 is 0 Å². The minimum absolute atomic E-state index is 0.0633. The van der Waals surface area contributed by atoms with Gasteiger partial charge in [-0.2, -0.15) is 5.10 Å². The third-order valence-corrected chi connectivity index (χ3v) is 3.52. The first kappa shape index (κ1) is 14.7. The van der Waals surface area contributed by atoms with Gasteiger partial charge in [-0.05, 0) is 18.4 Å². The summed E-state index contributed by atoms with van der Waals surface area (Å²) in [6, 6.07) is 8.26. The first-order valence-corrected chi connectivity index (χ1v) is 7.23. The van der Waals surface area contributed by atoms with Gasteiger partial charge in [-0.3, -0.25) is 0 Å². The largest absolute Gasteiger partial charge is 0.354 e. The SMILES string of the molecule is CCCN(CC(C)(C)CN)c1nncc2ccccc12. The van der Waals surface area contributed by atoms with Gasteiger partial charge in [0.25, 0.3) is 0 Å². The molecule has 0 atom stereocenters. The molecule has 0 amide bonds. The van der Waals surface area contributed by atoms with Crippen LogP contribution in [-0.2, 0) is 0 Å². The zero-order valence-corrected chi connectivity index (χ0v) is 12.6. The predicted octanol–water partition coefficient (Wildman–Crippen LogP) is 2.83. The van der Waals surface area contributed by atoms with Crippen LogP contribution in [0.3, 0.4) is 0 Å². The van der Waals surface area contributed by atoms with Crippen molar-refractivity contribution in [1.82, 2.24) is 10.2 Å². The standard InChI is InChI=1S/C16H24N4/c1-4-9-20(12-16(2,3)11-17)15-14-8-6-5-7-13(14)10-18-19-15/h5-8,10H,4,9,11-12,17H2,1-3H3. The average molecular weight is 272 g/mol. The smallest absolute Gasteiger partial charge is 0.159 e. The van der Waals surface area contributed by atoms with Crippen LogP contribution in [0.2, 0.25) is 0 Å². The molecule has 0 aliphatic heterocycles. The highest BCUT2D eigenvalue weighted by atomic mass is 15.3. The molecule has 20 heavy (non-hydrogen) atoms. The molecule has 0 fully saturated rings. The third-order valence-electron chi connectivity index (χ3n) is 3.52. The second-order valence-electron chi connectivity index (χ2n) is 6.05. The van der Waals surface area contributed by atoms with Gasteiger partial charge in [0.1, 0.15) is 0 Å². The highest BCUT2D eigenvalue weighted by molar-refractivity contribution is 5.91. The van der Waals surface area contributed by atoms with Gasteiger partial charge in [0.2, 0.25) is 0 Å². The van der Waals surface area contributed by atoms with Crippen molar-refractivity contribution in [2.45, 2.75) is 27.2 Å². The predicted molar refractivity (Wildman–Crippen MR) is 84.9 cm³/mol. The molecule has 0 aliphatic rings. The lowest BCUT2D eigenvalue weighted by Gasteiger charge is -2.32. The topological polar surface area (TPSA) is 55.0 Å². The van der Waals surface area contributed by atoms with E-state index >= 15 is 0 Å². The van der Waals surface area contributed by atoms with E-state index in [4.69, 9.17) is 5.73 Å². The number of aromatic nitrogens is 2. The maximum atomic E-state index is 5.88. The van der Waals surface area contributed by atoms with Gasteiger partial charge >= 0.3 is 0 Å². The molecule has 0 bridgehead atoms. The van der Waals surface area contributed by atoms with Crippen LogP contribution < -0.4 is 10.6 Å². The maximum Gasteiger partial charge on any atom is 0.159 e. The van der Waals surface area contributed by atoms with Gasteiger partial charge in [0.05, 0.1) is 6.20 Å². The fraction of sp³-hybridized carbons (Fsp3) is 0.500. The molecule has 0 aliphatic carbocycles. The van der Waals surface area contributed by atoms with E-state index in [0.717, 1.165) is 36.1 Å². The molecule has 1 aromatic heterocycles. The number of anilines is 1. The summed E-state index contributed by atoms with van der Waals surface area (Å²) < 4.78 is 0. The second-order valence-corrected chi connectivity index (χ2v) is 6.05. The van der Waals surface area contributed by atoms with E-state index in [9.17, 15) is 0 Å². The zero-order chi connectivity index (χ0) is 14.6. The number of nitrogens with zero attached hydrogens (tertiary/aromatic N) is 3. The number of rotatable bonds is 6. The number of fused-ring (bicyclic) bond motifs is 1. The summed E-state index contributed by atoms with van der Waals surface area (Å²) in [5, 5.41) is 10.8. The first-order valence-electron chi connectivity index (χ1n) is 7.23. The quantitative estimate of drug-likeness (QED) is 0.878. The van der Waals surface area contributed by atoms with Crippen molar-refractivity contribution >= 4 is 16.6 Å². The van der Waals surface area contributed by atoms with Gasteiger partial charge < -0.3 is 10.6 Å². The highest BCUT2D eigenvalue weighted by Gasteiger charge is 2.22. The van der Waals surface area contributed by atoms with Crippen LogP contribution in [0.25, 0.3) is 10.8 Å². The molecule has 2 rings (SSSR count). The summed E-state index contributed by atoms with van der Waals surface area (Å²) in [6.07, 6.45) is 2.89. The average Bonchev–Trinajstić information content (AvgIpc) is 2.46. The number of nitrogens with two attached hydrogens (primary N) is 1. The fourth-order valence-electron chi connectivity index (χ4n) is 2.36. The summed E-state index contributed by atoms with van der Waals surface area (Å²) in [4.78, 5) is 2.31. The van der Waals surface area contributed by atoms with Crippen molar-refractivity contribution in [2.24, 2.45) is 11.1 Å². The van der Waals surface area contributed by atoms with Crippen molar-refractivity contribution in [1.29, 1.82) is 0 Å². The van der Waals surface area contributed by atoms with E-state index < -0.39 is 0 Å². The monoisotopic (exact) mass is 272 g/mol. The van der Waals surface area contributed by atoms with Crippen LogP contribution in [0.1, 0.15) is 27.2 Å². The molecule has 2 aromatic rings. The molecular weight excluding hydrogens is 248 g/mol. The van der Waals surface area contributed by atoms with Gasteiger partial charge in [0.15, 0.2) is 5.82 Å². The Morgan fingerprint density at radius 2 is 2.00 bits per heavy atom. The molecule has 0 radical (unpaired) electrons. The molecular formula is C16H24N4. The molecule has 4 heteroatoms. The van der Waals surface area contributed by atoms with Crippen molar-refractivity contribution in [3.63, 3.8) is 0 Å². The molecule has 2 N–H and O–H groups in total. The molecule has 108 valence electrons. The minimum atomic E-state index is 0.0633. The molecule has 0 unspecified atom stereocenters. The first-order chi connectivity index (χ1) is 9.57. The summed E-state index contributed by atoms with van der Waals surface area (Å²) in [7, 11) is 0. The third kappa shape index (κ3) is 3.25. The Morgan fingerprint density at radius 3 is 2.70 bits per heavy atom. The van der Waals surface area contributed by atoms with E-state index in [1.807, 2.05) is 18.3 Å². The lowest BCUT2D eigenvalue weighted by Crippen LogP contribution is -2.39. The summed E-state index contributed by atoms with van der Waals surface area (Å²) >= 11 is 0. The lowest BCUT2D eigenvalue weighted by atomic mass is 9.93. The Morgan fingerprint density at radius 1 is 1.25 bits per heavy atom. The molecule has 0 spiro atoms. The molecule has 1 heterocycles. The Hall–Kier alpha value is -1.68. The number of benzene rings is 1. The van der Waals surface area contributed by atoms with Crippen LogP contribution in [-0.4, -0.2) is 29.8 Å². The number of hydrogen-bond acceptors (Lipinski definition) is 4. The van der Waals surface area contributed by atoms with Gasteiger partial charge in [-0.15, -0.1) is 5.10 Å². The van der Waals surface area contributed by atoms with Crippen molar-refractivity contribution in [3.05, 3.63) is 30.5 Å². The summed E-state index contributed by atoms with van der Waals surface area (Å²) in [5.41, 5.74) is 5.94. The lowest BCUT2D eigenvalue weighted by molar-refractivity contribution is 0.376. The van der Waals surface area contributed by atoms with Crippen LogP contribution in [0.4, 0.5) is 5.82 Å². The Labute approximate surface area is 121 Å². The van der Waals surface area contributed by atoms with Crippen molar-refractivity contribution in [2.75, 3.05) is 24.5 Å². The van der Waals surface area contributed by atoms with Crippen LogP contribution in [0.5, 0.6) is 0 Å². The minimum Gasteiger partial charge on any atom is -0.354 e. The van der Waals surface area contributed by atoms with E-state index in [0.29, 0.717) is 6.54 Å². The summed E-state index contributed by atoms with van der Waals surface area (Å²) in [5.74, 6) is 0.964. The molecule has 4 nitrogen and oxygen atoms in total. The second kappa shape index (κ2) is 6.18. The van der Waals surface area contributed by atoms with Crippen molar-refractivity contribution in [3.8, 4) is 0 Å². The van der Waals surface area contributed by atoms with Crippen LogP contribution >= 0.6 is 0 Å². The molecule has 0 saturated carbocycles. The summed E-state index contributed by atoms with van der Waals surface area (Å²) in [6.45, 7) is 9.07. The van der Waals surface area contributed by atoms with Gasteiger partial charge in [-0.25, -0.2) is 0 Å². The van der Waals surface area contributed by atoms with Crippen LogP contribution in [0, 0.1) is 5.41 Å². The fourth-order valence-corrected chi connectivity index (χ4v) is 2.36. The van der Waals surface area contributed by atoms with E-state index in [1.54, 1.807) is 0 Å². The van der Waals surface area contributed by atoms with E-state index in [1.165, 1.54) is 0 Å². The maximum absolute atomic E-state index is 5.88. The van der Waals surface area contributed by atoms with Crippen LogP contribution in [0.15, 0.2) is 30.5 Å². The zero-order valence-electron chi connectivity index (χ0n) is 12.6. The van der Waals surface area contributed by atoms with Gasteiger partial charge in [-0.1, -0.05) is 45.0 Å². The normalized spacial score (nSPS) is 11.8. The highest BCUT2D eigenvalue weighted by Crippen LogP contribution is 2.26. The number of hydrogen-bond donors (Lipinski definition) is 1. The Kier molecular flexibility index (Phi) is 4.55. The Balaban J connectivity index is 2.41. The van der Waals surface area contributed by atoms with E-state index in [-0.39, 0.29) is 5.41 Å². The Bertz CT molecular complexity index is 560.